The van der Waals surface area contributed by atoms with E-state index >= 15 is 0 Å². The molecule has 2 nitrogen and oxygen atoms in total. The Bertz CT molecular complexity index is 348. The van der Waals surface area contributed by atoms with Gasteiger partial charge in [-0.1, -0.05) is 29.8 Å². The summed E-state index contributed by atoms with van der Waals surface area (Å²) in [5.74, 6) is 0. The summed E-state index contributed by atoms with van der Waals surface area (Å²) in [6, 6.07) is 6.29. The van der Waals surface area contributed by atoms with Crippen LogP contribution < -0.4 is 11.1 Å². The van der Waals surface area contributed by atoms with E-state index in [-0.39, 0.29) is 5.41 Å². The second kappa shape index (κ2) is 5.69. The maximum Gasteiger partial charge on any atom is 0.0370 e. The average Bonchev–Trinajstić information content (AvgIpc) is 2.16. The third kappa shape index (κ3) is 4.14. The molecule has 0 unspecified atom stereocenters. The smallest absolute Gasteiger partial charge is 0.0370 e. The molecule has 0 heterocycles. The Morgan fingerprint density at radius 1 is 1.38 bits per heavy atom. The van der Waals surface area contributed by atoms with Gasteiger partial charge in [0, 0.05) is 16.7 Å². The van der Waals surface area contributed by atoms with Crippen LogP contribution in [0.5, 0.6) is 0 Å². The summed E-state index contributed by atoms with van der Waals surface area (Å²) >= 11 is 3.47. The van der Waals surface area contributed by atoms with E-state index in [0.717, 1.165) is 24.0 Å². The zero-order valence-electron chi connectivity index (χ0n) is 10.3. The molecule has 3 heteroatoms. The Hall–Kier alpha value is -0.540. The Morgan fingerprint density at radius 2 is 2.06 bits per heavy atom. The number of nitrogens with two attached hydrogens (primary N) is 1. The van der Waals surface area contributed by atoms with Crippen molar-refractivity contribution in [2.75, 3.05) is 18.4 Å². The predicted octanol–water partition coefficient (Wildman–Crippen LogP) is 3.54. The molecule has 0 radical (unpaired) electrons. The molecule has 90 valence electrons. The Morgan fingerprint density at radius 3 is 2.62 bits per heavy atom. The lowest BCUT2D eigenvalue weighted by Crippen LogP contribution is -2.26. The summed E-state index contributed by atoms with van der Waals surface area (Å²) in [5.41, 5.74) is 8.31. The molecule has 16 heavy (non-hydrogen) atoms. The minimum absolute atomic E-state index is 0.244. The summed E-state index contributed by atoms with van der Waals surface area (Å²) in [4.78, 5) is 0. The SMILES string of the molecule is Cc1cc(Br)ccc1NCC(C)(C)CCN. The molecule has 0 bridgehead atoms. The van der Waals surface area contributed by atoms with Crippen LogP contribution in [0, 0.1) is 12.3 Å². The third-order valence-corrected chi connectivity index (χ3v) is 3.26. The topological polar surface area (TPSA) is 38.0 Å². The summed E-state index contributed by atoms with van der Waals surface area (Å²) in [6.45, 7) is 8.28. The molecule has 0 aliphatic carbocycles. The predicted molar refractivity (Wildman–Crippen MR) is 74.8 cm³/mol. The first-order valence-corrected chi connectivity index (χ1v) is 6.44. The molecule has 1 aromatic carbocycles. The lowest BCUT2D eigenvalue weighted by molar-refractivity contribution is 0.365. The largest absolute Gasteiger partial charge is 0.384 e. The maximum absolute atomic E-state index is 5.60. The molecule has 0 amide bonds. The molecule has 0 aliphatic heterocycles. The highest BCUT2D eigenvalue weighted by atomic mass is 79.9. The van der Waals surface area contributed by atoms with Crippen LogP contribution in [0.15, 0.2) is 22.7 Å². The fraction of sp³-hybridized carbons (Fsp3) is 0.538. The van der Waals surface area contributed by atoms with Gasteiger partial charge in [-0.2, -0.15) is 0 Å². The zero-order chi connectivity index (χ0) is 12.2. The van der Waals surface area contributed by atoms with Crippen molar-refractivity contribution in [1.29, 1.82) is 0 Å². The molecule has 3 N–H and O–H groups in total. The van der Waals surface area contributed by atoms with Gasteiger partial charge < -0.3 is 11.1 Å². The quantitative estimate of drug-likeness (QED) is 0.868. The third-order valence-electron chi connectivity index (χ3n) is 2.77. The van der Waals surface area contributed by atoms with Gasteiger partial charge in [-0.15, -0.1) is 0 Å². The molecular weight excluding hydrogens is 264 g/mol. The van der Waals surface area contributed by atoms with Crippen molar-refractivity contribution in [3.8, 4) is 0 Å². The Balaban J connectivity index is 2.61. The number of halogens is 1. The number of nitrogens with one attached hydrogen (secondary N) is 1. The van der Waals surface area contributed by atoms with Crippen LogP contribution in [0.3, 0.4) is 0 Å². The van der Waals surface area contributed by atoms with Crippen LogP contribution in [0.25, 0.3) is 0 Å². The first-order valence-electron chi connectivity index (χ1n) is 5.65. The van der Waals surface area contributed by atoms with Gasteiger partial charge in [-0.3, -0.25) is 0 Å². The maximum atomic E-state index is 5.60. The van der Waals surface area contributed by atoms with Gasteiger partial charge in [-0.05, 0) is 49.1 Å². The fourth-order valence-corrected chi connectivity index (χ4v) is 2.11. The van der Waals surface area contributed by atoms with E-state index in [1.165, 1.54) is 11.3 Å². The number of benzene rings is 1. The van der Waals surface area contributed by atoms with E-state index in [1.54, 1.807) is 0 Å². The highest BCUT2D eigenvalue weighted by Gasteiger charge is 2.16. The summed E-state index contributed by atoms with van der Waals surface area (Å²) in [5, 5.41) is 3.49. The van der Waals surface area contributed by atoms with Gasteiger partial charge in [0.2, 0.25) is 0 Å². The number of aryl methyl sites for hydroxylation is 1. The first-order chi connectivity index (χ1) is 7.44. The zero-order valence-corrected chi connectivity index (χ0v) is 11.9. The summed E-state index contributed by atoms with van der Waals surface area (Å²) < 4.78 is 1.12. The Kier molecular flexibility index (Phi) is 4.81. The first kappa shape index (κ1) is 13.5. The van der Waals surface area contributed by atoms with E-state index in [1.807, 2.05) is 0 Å². The minimum atomic E-state index is 0.244. The number of hydrogen-bond donors (Lipinski definition) is 2. The van der Waals surface area contributed by atoms with Crippen molar-refractivity contribution in [2.45, 2.75) is 27.2 Å². The fourth-order valence-electron chi connectivity index (χ4n) is 1.64. The molecule has 0 aliphatic rings. The van der Waals surface area contributed by atoms with E-state index in [9.17, 15) is 0 Å². The summed E-state index contributed by atoms with van der Waals surface area (Å²) in [7, 11) is 0. The molecule has 0 atom stereocenters. The highest BCUT2D eigenvalue weighted by Crippen LogP contribution is 2.24. The standard InChI is InChI=1S/C13H21BrN2/c1-10-8-11(14)4-5-12(10)16-9-13(2,3)6-7-15/h4-5,8,16H,6-7,9,15H2,1-3H3. The van der Waals surface area contributed by atoms with Crippen molar-refractivity contribution in [3.63, 3.8) is 0 Å². The number of hydrogen-bond acceptors (Lipinski definition) is 2. The van der Waals surface area contributed by atoms with Crippen molar-refractivity contribution in [2.24, 2.45) is 11.1 Å². The van der Waals surface area contributed by atoms with Crippen LogP contribution in [-0.2, 0) is 0 Å². The highest BCUT2D eigenvalue weighted by molar-refractivity contribution is 9.10. The van der Waals surface area contributed by atoms with E-state index in [4.69, 9.17) is 5.73 Å². The van der Waals surface area contributed by atoms with Crippen LogP contribution in [0.2, 0.25) is 0 Å². The van der Waals surface area contributed by atoms with Crippen LogP contribution in [-0.4, -0.2) is 13.1 Å². The molecule has 0 aromatic heterocycles. The van der Waals surface area contributed by atoms with Gasteiger partial charge >= 0.3 is 0 Å². The van der Waals surface area contributed by atoms with Gasteiger partial charge in [0.05, 0.1) is 0 Å². The van der Waals surface area contributed by atoms with Crippen LogP contribution in [0.1, 0.15) is 25.8 Å². The molecule has 0 fully saturated rings. The van der Waals surface area contributed by atoms with Gasteiger partial charge in [0.15, 0.2) is 0 Å². The molecule has 1 rings (SSSR count). The second-order valence-corrected chi connectivity index (χ2v) is 5.93. The van der Waals surface area contributed by atoms with E-state index in [0.29, 0.717) is 0 Å². The van der Waals surface area contributed by atoms with Crippen molar-refractivity contribution in [3.05, 3.63) is 28.2 Å². The molecule has 0 saturated heterocycles. The van der Waals surface area contributed by atoms with E-state index < -0.39 is 0 Å². The van der Waals surface area contributed by atoms with E-state index in [2.05, 4.69) is 60.2 Å². The van der Waals surface area contributed by atoms with Crippen molar-refractivity contribution in [1.82, 2.24) is 0 Å². The van der Waals surface area contributed by atoms with Gasteiger partial charge in [-0.25, -0.2) is 0 Å². The Labute approximate surface area is 107 Å². The number of rotatable bonds is 5. The number of anilines is 1. The molecule has 1 aromatic rings. The van der Waals surface area contributed by atoms with Crippen molar-refractivity contribution >= 4 is 21.6 Å². The van der Waals surface area contributed by atoms with Crippen LogP contribution in [0.4, 0.5) is 5.69 Å². The summed E-state index contributed by atoms with van der Waals surface area (Å²) in [6.07, 6.45) is 1.04. The lowest BCUT2D eigenvalue weighted by Gasteiger charge is -2.25. The lowest BCUT2D eigenvalue weighted by atomic mass is 9.89. The average molecular weight is 285 g/mol. The molecule has 0 saturated carbocycles. The van der Waals surface area contributed by atoms with Gasteiger partial charge in [0.1, 0.15) is 0 Å². The monoisotopic (exact) mass is 284 g/mol. The van der Waals surface area contributed by atoms with Crippen molar-refractivity contribution < 1.29 is 0 Å². The van der Waals surface area contributed by atoms with Crippen LogP contribution >= 0.6 is 15.9 Å². The van der Waals surface area contributed by atoms with Gasteiger partial charge in [0.25, 0.3) is 0 Å². The minimum Gasteiger partial charge on any atom is -0.384 e. The molecular formula is C13H21BrN2. The normalized spacial score (nSPS) is 11.6. The molecule has 0 spiro atoms. The second-order valence-electron chi connectivity index (χ2n) is 5.02.